The van der Waals surface area contributed by atoms with Gasteiger partial charge in [-0.15, -0.1) is 0 Å². The van der Waals surface area contributed by atoms with E-state index in [-0.39, 0.29) is 17.2 Å². The van der Waals surface area contributed by atoms with Crippen molar-refractivity contribution in [2.75, 3.05) is 18.5 Å². The molecule has 27 heavy (non-hydrogen) atoms. The number of ether oxygens (including phenoxy) is 2. The number of hydrogen-bond acceptors (Lipinski definition) is 5. The Balaban J connectivity index is 2.28. The molecule has 2 rings (SSSR count). The summed E-state index contributed by atoms with van der Waals surface area (Å²) in [6, 6.07) is 13.1. The molecule has 0 aromatic heterocycles. The van der Waals surface area contributed by atoms with Crippen LogP contribution >= 0.6 is 0 Å². The molecule has 2 aromatic rings. The Morgan fingerprint density at radius 3 is 2.41 bits per heavy atom. The summed E-state index contributed by atoms with van der Waals surface area (Å²) < 4.78 is 38.4. The number of amides is 1. The van der Waals surface area contributed by atoms with E-state index in [1.807, 2.05) is 30.3 Å². The van der Waals surface area contributed by atoms with Crippen molar-refractivity contribution in [2.24, 2.45) is 0 Å². The van der Waals surface area contributed by atoms with Crippen molar-refractivity contribution >= 4 is 21.8 Å². The number of hydrogen-bond donors (Lipinski definition) is 2. The van der Waals surface area contributed by atoms with Gasteiger partial charge in [0.1, 0.15) is 5.75 Å². The SMILES string of the molecule is CCOC(=O)Nc1cc(S(=O)(=O)N[C@H](C)c2ccccc2)ccc1OCC. The molecule has 146 valence electrons. The van der Waals surface area contributed by atoms with Crippen LogP contribution in [-0.4, -0.2) is 27.7 Å². The molecular weight excluding hydrogens is 368 g/mol. The molecule has 0 fully saturated rings. The minimum Gasteiger partial charge on any atom is -0.492 e. The highest BCUT2D eigenvalue weighted by Gasteiger charge is 2.21. The maximum Gasteiger partial charge on any atom is 0.411 e. The van der Waals surface area contributed by atoms with E-state index in [9.17, 15) is 13.2 Å². The number of anilines is 1. The van der Waals surface area contributed by atoms with Gasteiger partial charge in [0, 0.05) is 6.04 Å². The molecular formula is C19H24N2O5S. The number of benzene rings is 2. The van der Waals surface area contributed by atoms with Crippen molar-refractivity contribution in [1.29, 1.82) is 0 Å². The third kappa shape index (κ3) is 5.70. The average Bonchev–Trinajstić information content (AvgIpc) is 2.64. The van der Waals surface area contributed by atoms with E-state index in [1.165, 1.54) is 18.2 Å². The Morgan fingerprint density at radius 2 is 1.78 bits per heavy atom. The minimum absolute atomic E-state index is 0.0144. The second kappa shape index (κ2) is 9.38. The van der Waals surface area contributed by atoms with E-state index < -0.39 is 22.2 Å². The van der Waals surface area contributed by atoms with Crippen LogP contribution in [0.1, 0.15) is 32.4 Å². The molecule has 0 spiro atoms. The number of carbonyl (C=O) groups is 1. The van der Waals surface area contributed by atoms with E-state index in [4.69, 9.17) is 9.47 Å². The Morgan fingerprint density at radius 1 is 1.07 bits per heavy atom. The molecule has 7 nitrogen and oxygen atoms in total. The number of sulfonamides is 1. The first kappa shape index (κ1) is 20.7. The maximum atomic E-state index is 12.8. The van der Waals surface area contributed by atoms with E-state index >= 15 is 0 Å². The quantitative estimate of drug-likeness (QED) is 0.714. The van der Waals surface area contributed by atoms with Crippen molar-refractivity contribution in [3.63, 3.8) is 0 Å². The van der Waals surface area contributed by atoms with Crippen LogP contribution < -0.4 is 14.8 Å². The van der Waals surface area contributed by atoms with Gasteiger partial charge in [0.2, 0.25) is 10.0 Å². The van der Waals surface area contributed by atoms with Gasteiger partial charge in [0.25, 0.3) is 0 Å². The second-order valence-electron chi connectivity index (χ2n) is 5.69. The van der Waals surface area contributed by atoms with Crippen molar-refractivity contribution in [2.45, 2.75) is 31.7 Å². The minimum atomic E-state index is -3.81. The Bertz CT molecular complexity index is 869. The van der Waals surface area contributed by atoms with Crippen LogP contribution in [0.5, 0.6) is 5.75 Å². The average molecular weight is 392 g/mol. The number of rotatable bonds is 8. The van der Waals surface area contributed by atoms with Gasteiger partial charge in [-0.3, -0.25) is 5.32 Å². The maximum absolute atomic E-state index is 12.8. The summed E-state index contributed by atoms with van der Waals surface area (Å²) in [7, 11) is -3.81. The summed E-state index contributed by atoms with van der Waals surface area (Å²) >= 11 is 0. The van der Waals surface area contributed by atoms with Crippen molar-refractivity contribution in [1.82, 2.24) is 4.72 Å². The zero-order valence-corrected chi connectivity index (χ0v) is 16.4. The van der Waals surface area contributed by atoms with Crippen LogP contribution in [0, 0.1) is 0 Å². The molecule has 1 atom stereocenters. The molecule has 0 saturated heterocycles. The third-order valence-corrected chi connectivity index (χ3v) is 5.24. The molecule has 0 aliphatic carbocycles. The molecule has 0 bridgehead atoms. The van der Waals surface area contributed by atoms with Crippen molar-refractivity contribution in [3.05, 3.63) is 54.1 Å². The summed E-state index contributed by atoms with van der Waals surface area (Å²) in [4.78, 5) is 11.8. The van der Waals surface area contributed by atoms with E-state index in [1.54, 1.807) is 20.8 Å². The second-order valence-corrected chi connectivity index (χ2v) is 7.40. The predicted molar refractivity (Wildman–Crippen MR) is 103 cm³/mol. The van der Waals surface area contributed by atoms with Gasteiger partial charge < -0.3 is 9.47 Å². The van der Waals surface area contributed by atoms with Crippen molar-refractivity contribution < 1.29 is 22.7 Å². The molecule has 0 aliphatic heterocycles. The third-order valence-electron chi connectivity index (χ3n) is 3.70. The predicted octanol–water partition coefficient (Wildman–Crippen LogP) is 3.69. The van der Waals surface area contributed by atoms with Gasteiger partial charge in [0.05, 0.1) is 23.8 Å². The Kier molecular flexibility index (Phi) is 7.20. The lowest BCUT2D eigenvalue weighted by Crippen LogP contribution is -2.27. The zero-order valence-electron chi connectivity index (χ0n) is 15.6. The molecule has 8 heteroatoms. The first-order valence-electron chi connectivity index (χ1n) is 8.65. The van der Waals surface area contributed by atoms with E-state index in [0.717, 1.165) is 5.56 Å². The monoisotopic (exact) mass is 392 g/mol. The lowest BCUT2D eigenvalue weighted by atomic mass is 10.1. The fourth-order valence-corrected chi connectivity index (χ4v) is 3.70. The molecule has 0 aliphatic rings. The van der Waals surface area contributed by atoms with Gasteiger partial charge in [-0.2, -0.15) is 0 Å². The molecule has 1 amide bonds. The molecule has 0 unspecified atom stereocenters. The van der Waals surface area contributed by atoms with Crippen LogP contribution in [0.2, 0.25) is 0 Å². The summed E-state index contributed by atoms with van der Waals surface area (Å²) in [5, 5.41) is 2.52. The van der Waals surface area contributed by atoms with Crippen LogP contribution in [0.4, 0.5) is 10.5 Å². The first-order chi connectivity index (χ1) is 12.9. The summed E-state index contributed by atoms with van der Waals surface area (Å²) in [5.74, 6) is 0.362. The number of nitrogens with one attached hydrogen (secondary N) is 2. The van der Waals surface area contributed by atoms with Crippen LogP contribution in [0.15, 0.2) is 53.4 Å². The molecule has 0 saturated carbocycles. The smallest absolute Gasteiger partial charge is 0.411 e. The zero-order chi connectivity index (χ0) is 19.9. The lowest BCUT2D eigenvalue weighted by Gasteiger charge is -2.17. The van der Waals surface area contributed by atoms with Gasteiger partial charge in [0.15, 0.2) is 0 Å². The van der Waals surface area contributed by atoms with Gasteiger partial charge in [-0.25, -0.2) is 17.9 Å². The standard InChI is InChI=1S/C19H24N2O5S/c1-4-25-18-12-11-16(13-17(18)20-19(22)26-5-2)27(23,24)21-14(3)15-9-7-6-8-10-15/h6-14,21H,4-5H2,1-3H3,(H,20,22)/t14-/m1/s1. The molecule has 0 heterocycles. The highest BCUT2D eigenvalue weighted by Crippen LogP contribution is 2.29. The number of carbonyl (C=O) groups excluding carboxylic acids is 1. The molecule has 2 N–H and O–H groups in total. The summed E-state index contributed by atoms with van der Waals surface area (Å²) in [6.07, 6.45) is -0.682. The summed E-state index contributed by atoms with van der Waals surface area (Å²) in [5.41, 5.74) is 1.07. The van der Waals surface area contributed by atoms with Gasteiger partial charge in [-0.05, 0) is 44.5 Å². The van der Waals surface area contributed by atoms with Crippen LogP contribution in [0.25, 0.3) is 0 Å². The first-order valence-corrected chi connectivity index (χ1v) is 10.1. The highest BCUT2D eigenvalue weighted by atomic mass is 32.2. The van der Waals surface area contributed by atoms with E-state index in [2.05, 4.69) is 10.0 Å². The Hall–Kier alpha value is -2.58. The van der Waals surface area contributed by atoms with Gasteiger partial charge in [-0.1, -0.05) is 30.3 Å². The van der Waals surface area contributed by atoms with Crippen molar-refractivity contribution in [3.8, 4) is 5.75 Å². The van der Waals surface area contributed by atoms with Crippen LogP contribution in [0.3, 0.4) is 0 Å². The largest absolute Gasteiger partial charge is 0.492 e. The molecule has 0 radical (unpaired) electrons. The van der Waals surface area contributed by atoms with Crippen LogP contribution in [-0.2, 0) is 14.8 Å². The Labute approximate surface area is 159 Å². The fourth-order valence-electron chi connectivity index (χ4n) is 2.44. The summed E-state index contributed by atoms with van der Waals surface area (Å²) in [6.45, 7) is 5.80. The lowest BCUT2D eigenvalue weighted by molar-refractivity contribution is 0.167. The topological polar surface area (TPSA) is 93.7 Å². The van der Waals surface area contributed by atoms with Gasteiger partial charge >= 0.3 is 6.09 Å². The fraction of sp³-hybridized carbons (Fsp3) is 0.316. The molecule has 2 aromatic carbocycles. The normalized spacial score (nSPS) is 12.3. The van der Waals surface area contributed by atoms with E-state index in [0.29, 0.717) is 12.4 Å². The highest BCUT2D eigenvalue weighted by molar-refractivity contribution is 7.89.